The highest BCUT2D eigenvalue weighted by atomic mass is 32.2. The van der Waals surface area contributed by atoms with Crippen LogP contribution in [-0.4, -0.2) is 25.3 Å². The summed E-state index contributed by atoms with van der Waals surface area (Å²) in [7, 11) is -4.30. The summed E-state index contributed by atoms with van der Waals surface area (Å²) in [5, 5.41) is 17.9. The van der Waals surface area contributed by atoms with Crippen LogP contribution in [0.4, 0.5) is 11.4 Å². The highest BCUT2D eigenvalue weighted by molar-refractivity contribution is 7.89. The number of nitro benzene ring substituents is 1. The van der Waals surface area contributed by atoms with E-state index in [2.05, 4.69) is 5.43 Å². The van der Waals surface area contributed by atoms with E-state index >= 15 is 0 Å². The number of hydrogen-bond acceptors (Lipinski definition) is 6. The van der Waals surface area contributed by atoms with Crippen molar-refractivity contribution >= 4 is 27.3 Å². The zero-order chi connectivity index (χ0) is 20.5. The van der Waals surface area contributed by atoms with Crippen LogP contribution in [0.2, 0.25) is 0 Å². The van der Waals surface area contributed by atoms with Crippen molar-refractivity contribution in [3.63, 3.8) is 0 Å². The molecule has 0 aromatic heterocycles. The van der Waals surface area contributed by atoms with Gasteiger partial charge in [0.1, 0.15) is 0 Å². The molecule has 10 heteroatoms. The van der Waals surface area contributed by atoms with E-state index in [0.29, 0.717) is 5.56 Å². The number of hydrazine groups is 1. The number of fused-ring (bicyclic) bond motifs is 1. The summed E-state index contributed by atoms with van der Waals surface area (Å²) in [5.74, 6) is -0.357. The molecule has 3 rings (SSSR count). The molecular weight excluding hydrogens is 384 g/mol. The van der Waals surface area contributed by atoms with E-state index in [1.54, 1.807) is 0 Å². The first kappa shape index (κ1) is 19.8. The maximum atomic E-state index is 12.6. The molecule has 1 unspecified atom stereocenters. The molecule has 3 N–H and O–H groups in total. The molecule has 1 aliphatic rings. The highest BCUT2D eigenvalue weighted by Crippen LogP contribution is 2.31. The molecule has 2 aromatic rings. The van der Waals surface area contributed by atoms with Crippen LogP contribution >= 0.6 is 0 Å². The predicted octanol–water partition coefficient (Wildman–Crippen LogP) is 1.66. The van der Waals surface area contributed by atoms with Crippen LogP contribution < -0.4 is 15.6 Å². The summed E-state index contributed by atoms with van der Waals surface area (Å²) in [5.41, 5.74) is 4.62. The number of para-hydroxylation sites is 1. The van der Waals surface area contributed by atoms with Gasteiger partial charge in [0.15, 0.2) is 4.90 Å². The Labute approximate surface area is 162 Å². The minimum absolute atomic E-state index is 0.123. The molecular formula is C18H20N4O5S. The molecule has 9 nitrogen and oxygen atoms in total. The average Bonchev–Trinajstić information content (AvgIpc) is 2.98. The van der Waals surface area contributed by atoms with Gasteiger partial charge in [-0.25, -0.2) is 13.6 Å². The maximum absolute atomic E-state index is 12.6. The first-order valence-electron chi connectivity index (χ1n) is 8.67. The fourth-order valence-electron chi connectivity index (χ4n) is 3.35. The fourth-order valence-corrected chi connectivity index (χ4v) is 4.09. The van der Waals surface area contributed by atoms with Gasteiger partial charge in [-0.15, -0.1) is 0 Å². The molecule has 1 amide bonds. The lowest BCUT2D eigenvalue weighted by atomic mass is 10.1. The van der Waals surface area contributed by atoms with Gasteiger partial charge in [-0.05, 0) is 36.1 Å². The van der Waals surface area contributed by atoms with Gasteiger partial charge >= 0.3 is 0 Å². The number of carbonyl (C=O) groups is 1. The quantitative estimate of drug-likeness (QED) is 0.555. The van der Waals surface area contributed by atoms with E-state index in [1.165, 1.54) is 6.07 Å². The predicted molar refractivity (Wildman–Crippen MR) is 103 cm³/mol. The van der Waals surface area contributed by atoms with Gasteiger partial charge < -0.3 is 0 Å². The molecule has 0 saturated carbocycles. The third kappa shape index (κ3) is 3.97. The second-order valence-electron chi connectivity index (χ2n) is 6.58. The number of nitro groups is 1. The lowest BCUT2D eigenvalue weighted by molar-refractivity contribution is -0.387. The number of carbonyl (C=O) groups excluding carboxylic acids is 1. The molecule has 0 aliphatic carbocycles. The second-order valence-corrected chi connectivity index (χ2v) is 8.11. The summed E-state index contributed by atoms with van der Waals surface area (Å²) >= 11 is 0. The van der Waals surface area contributed by atoms with Gasteiger partial charge in [0, 0.05) is 6.07 Å². The molecule has 28 heavy (non-hydrogen) atoms. The Morgan fingerprint density at radius 3 is 2.68 bits per heavy atom. The number of hydrogen-bond donors (Lipinski definition) is 2. The van der Waals surface area contributed by atoms with Crippen molar-refractivity contribution in [1.82, 2.24) is 5.43 Å². The number of anilines is 1. The average molecular weight is 404 g/mol. The number of rotatable bonds is 6. The molecule has 0 bridgehead atoms. The summed E-state index contributed by atoms with van der Waals surface area (Å²) in [6, 6.07) is 11.4. The molecule has 0 radical (unpaired) electrons. The number of sulfonamides is 1. The van der Waals surface area contributed by atoms with Gasteiger partial charge in [-0.3, -0.25) is 25.3 Å². The lowest BCUT2D eigenvalue weighted by Gasteiger charge is -2.27. The van der Waals surface area contributed by atoms with E-state index in [1.807, 2.05) is 36.2 Å². The minimum atomic E-state index is -4.30. The van der Waals surface area contributed by atoms with Crippen LogP contribution in [-0.2, 0) is 27.7 Å². The summed E-state index contributed by atoms with van der Waals surface area (Å²) in [4.78, 5) is 22.1. The Kier molecular flexibility index (Phi) is 5.34. The maximum Gasteiger partial charge on any atom is 0.289 e. The van der Waals surface area contributed by atoms with E-state index < -0.39 is 25.5 Å². The van der Waals surface area contributed by atoms with Crippen molar-refractivity contribution in [1.29, 1.82) is 0 Å². The highest BCUT2D eigenvalue weighted by Gasteiger charge is 2.29. The van der Waals surface area contributed by atoms with E-state index in [9.17, 15) is 23.3 Å². The molecule has 0 fully saturated rings. The Morgan fingerprint density at radius 1 is 1.32 bits per heavy atom. The normalized spacial score (nSPS) is 15.9. The van der Waals surface area contributed by atoms with Crippen molar-refractivity contribution in [3.05, 3.63) is 63.7 Å². The standard InChI is InChI=1S/C18H20N4O5S/c1-2-14-11-13-5-3-4-6-15(13)21(14)20-18(23)10-12-7-8-16(22(24)25)17(9-12)28(19,26)27/h3-9,14H,2,10-11H2,1H3,(H,20,23)(H2,19,26,27). The molecule has 0 spiro atoms. The third-order valence-corrected chi connectivity index (χ3v) is 5.62. The van der Waals surface area contributed by atoms with Gasteiger partial charge in [0.2, 0.25) is 15.9 Å². The largest absolute Gasteiger partial charge is 0.289 e. The van der Waals surface area contributed by atoms with Crippen molar-refractivity contribution in [2.75, 3.05) is 5.01 Å². The van der Waals surface area contributed by atoms with Crippen LogP contribution in [0.5, 0.6) is 0 Å². The van der Waals surface area contributed by atoms with Gasteiger partial charge in [-0.2, -0.15) is 0 Å². The Bertz CT molecular complexity index is 1040. The SMILES string of the molecule is CCC1Cc2ccccc2N1NC(=O)Cc1ccc([N+](=O)[O-])c(S(N)(=O)=O)c1. The van der Waals surface area contributed by atoms with E-state index in [0.717, 1.165) is 36.2 Å². The van der Waals surface area contributed by atoms with Crippen molar-refractivity contribution in [3.8, 4) is 0 Å². The molecule has 1 aliphatic heterocycles. The Balaban J connectivity index is 1.81. The lowest BCUT2D eigenvalue weighted by Crippen LogP contribution is -2.47. The topological polar surface area (TPSA) is 136 Å². The van der Waals surface area contributed by atoms with E-state index in [4.69, 9.17) is 5.14 Å². The van der Waals surface area contributed by atoms with E-state index in [-0.39, 0.29) is 18.4 Å². The Morgan fingerprint density at radius 2 is 2.04 bits per heavy atom. The van der Waals surface area contributed by atoms with Crippen LogP contribution in [0, 0.1) is 10.1 Å². The van der Waals surface area contributed by atoms with Crippen molar-refractivity contribution < 1.29 is 18.1 Å². The molecule has 1 atom stereocenters. The van der Waals surface area contributed by atoms with Crippen molar-refractivity contribution in [2.24, 2.45) is 5.14 Å². The number of amides is 1. The number of nitrogens with zero attached hydrogens (tertiary/aromatic N) is 2. The first-order valence-corrected chi connectivity index (χ1v) is 10.2. The number of benzene rings is 2. The number of nitrogens with one attached hydrogen (secondary N) is 1. The number of primary sulfonamides is 1. The molecule has 2 aromatic carbocycles. The molecule has 148 valence electrons. The summed E-state index contributed by atoms with van der Waals surface area (Å²) in [6.07, 6.45) is 1.51. The van der Waals surface area contributed by atoms with Gasteiger partial charge in [-0.1, -0.05) is 31.2 Å². The third-order valence-electron chi connectivity index (χ3n) is 4.68. The van der Waals surface area contributed by atoms with Crippen LogP contribution in [0.1, 0.15) is 24.5 Å². The molecule has 0 saturated heterocycles. The van der Waals surface area contributed by atoms with Crippen LogP contribution in [0.3, 0.4) is 0 Å². The van der Waals surface area contributed by atoms with Gasteiger partial charge in [0.05, 0.1) is 23.1 Å². The number of nitrogens with two attached hydrogens (primary N) is 1. The fraction of sp³-hybridized carbons (Fsp3) is 0.278. The first-order chi connectivity index (χ1) is 13.2. The monoisotopic (exact) mass is 404 g/mol. The van der Waals surface area contributed by atoms with Crippen molar-refractivity contribution in [2.45, 2.75) is 37.1 Å². The minimum Gasteiger partial charge on any atom is -0.282 e. The van der Waals surface area contributed by atoms with Crippen LogP contribution in [0.15, 0.2) is 47.4 Å². The smallest absolute Gasteiger partial charge is 0.282 e. The second kappa shape index (κ2) is 7.56. The summed E-state index contributed by atoms with van der Waals surface area (Å²) < 4.78 is 23.3. The Hall–Kier alpha value is -2.98. The van der Waals surface area contributed by atoms with Gasteiger partial charge in [0.25, 0.3) is 5.69 Å². The summed E-state index contributed by atoms with van der Waals surface area (Å²) in [6.45, 7) is 2.03. The zero-order valence-corrected chi connectivity index (χ0v) is 16.0. The molecule has 1 heterocycles. The zero-order valence-electron chi connectivity index (χ0n) is 15.2. The van der Waals surface area contributed by atoms with Crippen LogP contribution in [0.25, 0.3) is 0 Å².